The number of methoxy groups -OCH3 is 1. The van der Waals surface area contributed by atoms with E-state index in [1.54, 1.807) is 36.4 Å². The number of anilines is 1. The van der Waals surface area contributed by atoms with Crippen molar-refractivity contribution in [2.24, 2.45) is 5.92 Å². The maximum atomic E-state index is 12.1. The maximum absolute atomic E-state index is 12.1. The van der Waals surface area contributed by atoms with Gasteiger partial charge < -0.3 is 14.4 Å². The molecule has 1 saturated heterocycles. The predicted molar refractivity (Wildman–Crippen MR) is 120 cm³/mol. The molecule has 3 rings (SSSR count). The number of nitro groups is 1. The van der Waals surface area contributed by atoms with Gasteiger partial charge in [-0.15, -0.1) is 0 Å². The lowest BCUT2D eigenvalue weighted by atomic mass is 9.92. The third-order valence-electron chi connectivity index (χ3n) is 5.74. The summed E-state index contributed by atoms with van der Waals surface area (Å²) in [7, 11) is 1.23. The van der Waals surface area contributed by atoms with Gasteiger partial charge in [0.1, 0.15) is 23.6 Å². The van der Waals surface area contributed by atoms with Crippen molar-refractivity contribution in [1.29, 1.82) is 0 Å². The third-order valence-corrected chi connectivity index (χ3v) is 5.74. The van der Waals surface area contributed by atoms with Crippen LogP contribution in [0.4, 0.5) is 11.4 Å². The summed E-state index contributed by atoms with van der Waals surface area (Å²) in [6, 6.07) is 11.1. The maximum Gasteiger partial charge on any atom is 0.313 e. The lowest BCUT2D eigenvalue weighted by molar-refractivity contribution is -0.384. The Bertz CT molecular complexity index is 965. The van der Waals surface area contributed by atoms with Gasteiger partial charge in [0, 0.05) is 30.8 Å². The quantitative estimate of drug-likeness (QED) is 0.175. The van der Waals surface area contributed by atoms with Gasteiger partial charge >= 0.3 is 5.97 Å². The molecular weight excluding hydrogens is 412 g/mol. The Kier molecular flexibility index (Phi) is 7.81. The number of benzene rings is 2. The first-order chi connectivity index (χ1) is 15.4. The smallest absolute Gasteiger partial charge is 0.313 e. The van der Waals surface area contributed by atoms with Crippen LogP contribution < -0.4 is 9.64 Å². The molecule has 0 spiro atoms. The second-order valence-electron chi connectivity index (χ2n) is 7.93. The van der Waals surface area contributed by atoms with E-state index in [1.165, 1.54) is 19.6 Å². The van der Waals surface area contributed by atoms with Crippen molar-refractivity contribution in [2.45, 2.75) is 39.0 Å². The monoisotopic (exact) mass is 440 g/mol. The summed E-state index contributed by atoms with van der Waals surface area (Å²) in [6.45, 7) is 3.75. The summed E-state index contributed by atoms with van der Waals surface area (Å²) >= 11 is 0. The Morgan fingerprint density at radius 2 is 1.75 bits per heavy atom. The summed E-state index contributed by atoms with van der Waals surface area (Å²) < 4.78 is 10.4. The molecule has 0 radical (unpaired) electrons. The highest BCUT2D eigenvalue weighted by atomic mass is 16.6. The Labute approximate surface area is 187 Å². The molecule has 0 N–H and O–H groups in total. The highest BCUT2D eigenvalue weighted by Crippen LogP contribution is 2.36. The van der Waals surface area contributed by atoms with Crippen molar-refractivity contribution in [1.82, 2.24) is 0 Å². The van der Waals surface area contributed by atoms with Crippen LogP contribution in [0.25, 0.3) is 0 Å². The third kappa shape index (κ3) is 5.84. The summed E-state index contributed by atoms with van der Waals surface area (Å²) in [5.41, 5.74) is 1.00. The van der Waals surface area contributed by atoms with E-state index in [1.807, 2.05) is 0 Å². The van der Waals surface area contributed by atoms with E-state index in [4.69, 9.17) is 4.74 Å². The van der Waals surface area contributed by atoms with Crippen molar-refractivity contribution in [3.8, 4) is 11.5 Å². The average molecular weight is 440 g/mol. The molecule has 170 valence electrons. The van der Waals surface area contributed by atoms with Crippen LogP contribution in [0.3, 0.4) is 0 Å². The molecule has 0 saturated carbocycles. The molecule has 32 heavy (non-hydrogen) atoms. The number of rotatable bonds is 9. The number of carbonyl (C=O) groups excluding carboxylic acids is 2. The number of esters is 1. The van der Waals surface area contributed by atoms with Crippen LogP contribution in [0.5, 0.6) is 11.5 Å². The van der Waals surface area contributed by atoms with Gasteiger partial charge in [0.15, 0.2) is 5.78 Å². The average Bonchev–Trinajstić information content (AvgIpc) is 2.80. The zero-order chi connectivity index (χ0) is 23.1. The Balaban J connectivity index is 1.73. The second-order valence-corrected chi connectivity index (χ2v) is 7.93. The van der Waals surface area contributed by atoms with Gasteiger partial charge in [-0.05, 0) is 49.1 Å². The first-order valence-corrected chi connectivity index (χ1v) is 10.8. The molecule has 1 heterocycles. The van der Waals surface area contributed by atoms with Crippen LogP contribution >= 0.6 is 0 Å². The van der Waals surface area contributed by atoms with Gasteiger partial charge in [-0.25, -0.2) is 0 Å². The van der Waals surface area contributed by atoms with Crippen LogP contribution in [0, 0.1) is 16.0 Å². The molecule has 0 aromatic heterocycles. The summed E-state index contributed by atoms with van der Waals surface area (Å²) in [6.07, 6.45) is 4.07. The van der Waals surface area contributed by atoms with E-state index < -0.39 is 5.97 Å². The number of nitrogens with zero attached hydrogens (tertiary/aromatic N) is 2. The van der Waals surface area contributed by atoms with E-state index in [2.05, 4.69) is 16.6 Å². The Morgan fingerprint density at radius 3 is 2.34 bits per heavy atom. The fourth-order valence-electron chi connectivity index (χ4n) is 4.00. The highest BCUT2D eigenvalue weighted by Gasteiger charge is 2.25. The largest absolute Gasteiger partial charge is 0.469 e. The van der Waals surface area contributed by atoms with Crippen LogP contribution in [-0.4, -0.2) is 36.9 Å². The van der Waals surface area contributed by atoms with Crippen LogP contribution in [0.2, 0.25) is 0 Å². The molecule has 1 aliphatic heterocycles. The number of piperidine rings is 1. The molecule has 1 fully saturated rings. The number of ether oxygens (including phenoxy) is 2. The van der Waals surface area contributed by atoms with Gasteiger partial charge in [0.05, 0.1) is 12.0 Å². The molecule has 0 amide bonds. The summed E-state index contributed by atoms with van der Waals surface area (Å²) in [5, 5.41) is 11.6. The van der Waals surface area contributed by atoms with Crippen molar-refractivity contribution >= 4 is 23.1 Å². The lowest BCUT2D eigenvalue weighted by Crippen LogP contribution is -2.34. The number of Topliss-reactive ketones (excluding diaryl/α,β-unsaturated/α-hetero) is 1. The zero-order valence-electron chi connectivity index (χ0n) is 18.4. The topological polar surface area (TPSA) is 99.0 Å². The Hall–Kier alpha value is -3.42. The highest BCUT2D eigenvalue weighted by molar-refractivity contribution is 6.05. The fourth-order valence-corrected chi connectivity index (χ4v) is 4.00. The summed E-state index contributed by atoms with van der Waals surface area (Å²) in [4.78, 5) is 36.6. The summed E-state index contributed by atoms with van der Waals surface area (Å²) in [5.74, 6) is 0.714. The molecular formula is C24H28N2O6. The molecule has 8 nitrogen and oxygen atoms in total. The number of nitro benzene ring substituents is 1. The standard InChI is InChI=1S/C24H28N2O6/c1-3-4-17-11-13-25(14-12-17)22-15-20(9-10-21(22)26(29)30)32-19-7-5-18(6-8-19)23(27)16-24(28)31-2/h5-10,15,17H,3-4,11-14,16H2,1-2H3. The van der Waals surface area contributed by atoms with Gasteiger partial charge in [-0.3, -0.25) is 19.7 Å². The van der Waals surface area contributed by atoms with Crippen molar-refractivity contribution < 1.29 is 24.0 Å². The van der Waals surface area contributed by atoms with Crippen molar-refractivity contribution in [3.05, 3.63) is 58.1 Å². The minimum absolute atomic E-state index is 0.0649. The molecule has 1 aliphatic rings. The minimum Gasteiger partial charge on any atom is -0.469 e. The molecule has 0 unspecified atom stereocenters. The molecule has 0 aliphatic carbocycles. The Morgan fingerprint density at radius 1 is 1.09 bits per heavy atom. The molecule has 8 heteroatoms. The van der Waals surface area contributed by atoms with E-state index in [0.29, 0.717) is 28.7 Å². The zero-order valence-corrected chi connectivity index (χ0v) is 18.4. The minimum atomic E-state index is -0.590. The number of carbonyl (C=O) groups is 2. The molecule has 0 bridgehead atoms. The second kappa shape index (κ2) is 10.7. The van der Waals surface area contributed by atoms with E-state index in [9.17, 15) is 19.7 Å². The van der Waals surface area contributed by atoms with Gasteiger partial charge in [0.2, 0.25) is 0 Å². The number of hydrogen-bond acceptors (Lipinski definition) is 7. The molecule has 0 atom stereocenters. The molecule has 2 aromatic carbocycles. The van der Waals surface area contributed by atoms with E-state index in [-0.39, 0.29) is 22.8 Å². The van der Waals surface area contributed by atoms with E-state index >= 15 is 0 Å². The van der Waals surface area contributed by atoms with Crippen molar-refractivity contribution in [3.63, 3.8) is 0 Å². The SMILES string of the molecule is CCCC1CCN(c2cc(Oc3ccc(C(=O)CC(=O)OC)cc3)ccc2[N+](=O)[O-])CC1. The van der Waals surface area contributed by atoms with Gasteiger partial charge in [0.25, 0.3) is 5.69 Å². The van der Waals surface area contributed by atoms with Gasteiger partial charge in [-0.1, -0.05) is 19.8 Å². The fraction of sp³-hybridized carbons (Fsp3) is 0.417. The van der Waals surface area contributed by atoms with Crippen LogP contribution in [0.1, 0.15) is 49.4 Å². The predicted octanol–water partition coefficient (Wildman–Crippen LogP) is 5.15. The lowest BCUT2D eigenvalue weighted by Gasteiger charge is -2.33. The van der Waals surface area contributed by atoms with Crippen LogP contribution in [-0.2, 0) is 9.53 Å². The van der Waals surface area contributed by atoms with E-state index in [0.717, 1.165) is 32.4 Å². The first kappa shape index (κ1) is 23.2. The van der Waals surface area contributed by atoms with Crippen molar-refractivity contribution in [2.75, 3.05) is 25.1 Å². The van der Waals surface area contributed by atoms with Gasteiger partial charge in [-0.2, -0.15) is 0 Å². The normalized spacial score (nSPS) is 14.1. The van der Waals surface area contributed by atoms with Crippen LogP contribution in [0.15, 0.2) is 42.5 Å². The number of hydrogen-bond donors (Lipinski definition) is 0. The number of ketones is 1. The molecule has 2 aromatic rings. The first-order valence-electron chi connectivity index (χ1n) is 10.8.